The molecule has 0 bridgehead atoms. The van der Waals surface area contributed by atoms with E-state index in [1.54, 1.807) is 0 Å². The molecule has 11 rings (SSSR count). The summed E-state index contributed by atoms with van der Waals surface area (Å²) in [6.45, 7) is 0. The van der Waals surface area contributed by atoms with Gasteiger partial charge in [-0.05, 0) is 100 Å². The summed E-state index contributed by atoms with van der Waals surface area (Å²) in [4.78, 5) is 0. The molecule has 0 nitrogen and oxygen atoms in total. The molecular weight excluding hydrogens is 633 g/mol. The maximum atomic E-state index is 2.39. The predicted molar refractivity (Wildman–Crippen MR) is 223 cm³/mol. The Morgan fingerprint density at radius 2 is 0.647 bits per heavy atom. The van der Waals surface area contributed by atoms with E-state index in [0.29, 0.717) is 0 Å². The summed E-state index contributed by atoms with van der Waals surface area (Å²) in [5, 5.41) is 15.8. The average Bonchev–Trinajstić information content (AvgIpc) is 3.59. The van der Waals surface area contributed by atoms with Gasteiger partial charge in [-0.1, -0.05) is 164 Å². The molecule has 0 amide bonds. The van der Waals surface area contributed by atoms with Crippen LogP contribution in [0.25, 0.3) is 107 Å². The second kappa shape index (κ2) is 11.1. The fourth-order valence-electron chi connectivity index (χ4n) is 8.30. The maximum Gasteiger partial charge on any atom is 0.0440 e. The van der Waals surface area contributed by atoms with E-state index in [1.165, 1.54) is 107 Å². The van der Waals surface area contributed by atoms with Crippen LogP contribution in [-0.4, -0.2) is 0 Å². The molecule has 0 saturated heterocycles. The zero-order valence-electron chi connectivity index (χ0n) is 27.7. The highest BCUT2D eigenvalue weighted by atomic mass is 32.1. The Labute approximate surface area is 299 Å². The molecule has 1 aromatic heterocycles. The molecule has 0 aliphatic heterocycles. The predicted octanol–water partition coefficient (Wildman–Crippen LogP) is 14.8. The summed E-state index contributed by atoms with van der Waals surface area (Å²) in [6, 6.07) is 67.4. The lowest BCUT2D eigenvalue weighted by Crippen LogP contribution is -1.85. The molecule has 0 spiro atoms. The van der Waals surface area contributed by atoms with Crippen LogP contribution in [0.2, 0.25) is 0 Å². The van der Waals surface area contributed by atoms with E-state index in [1.807, 2.05) is 11.3 Å². The summed E-state index contributed by atoms with van der Waals surface area (Å²) in [5.41, 5.74) is 7.38. The summed E-state index contributed by atoms with van der Waals surface area (Å²) >= 11 is 1.91. The first-order chi connectivity index (χ1) is 25.3. The van der Waals surface area contributed by atoms with Gasteiger partial charge in [0.25, 0.3) is 0 Å². The summed E-state index contributed by atoms with van der Waals surface area (Å²) in [6.07, 6.45) is 0. The average molecular weight is 663 g/mol. The molecule has 0 radical (unpaired) electrons. The Balaban J connectivity index is 0.943. The Bertz CT molecular complexity index is 3130. The lowest BCUT2D eigenvalue weighted by molar-refractivity contribution is 1.59. The van der Waals surface area contributed by atoms with Crippen LogP contribution in [0.4, 0.5) is 0 Å². The molecule has 0 N–H and O–H groups in total. The van der Waals surface area contributed by atoms with Crippen LogP contribution in [0.5, 0.6) is 0 Å². The van der Waals surface area contributed by atoms with Crippen molar-refractivity contribution in [1.82, 2.24) is 0 Å². The first-order valence-electron chi connectivity index (χ1n) is 17.6. The number of benzene rings is 10. The van der Waals surface area contributed by atoms with Crippen LogP contribution in [0.1, 0.15) is 0 Å². The van der Waals surface area contributed by atoms with Crippen molar-refractivity contribution in [3.05, 3.63) is 182 Å². The van der Waals surface area contributed by atoms with Crippen molar-refractivity contribution < 1.29 is 0 Å². The first kappa shape index (κ1) is 28.5. The van der Waals surface area contributed by atoms with E-state index in [0.717, 1.165) is 0 Å². The van der Waals surface area contributed by atoms with E-state index in [9.17, 15) is 0 Å². The van der Waals surface area contributed by atoms with Gasteiger partial charge in [-0.3, -0.25) is 0 Å². The fraction of sp³-hybridized carbons (Fsp3) is 0. The summed E-state index contributed by atoms with van der Waals surface area (Å²) < 4.78 is 2.72. The molecule has 0 aliphatic rings. The number of hydrogen-bond acceptors (Lipinski definition) is 1. The lowest BCUT2D eigenvalue weighted by atomic mass is 9.91. The molecule has 11 aromatic rings. The Morgan fingerprint density at radius 1 is 0.255 bits per heavy atom. The molecule has 0 unspecified atom stereocenters. The minimum Gasteiger partial charge on any atom is -0.135 e. The van der Waals surface area contributed by atoms with Crippen molar-refractivity contribution in [2.24, 2.45) is 0 Å². The largest absolute Gasteiger partial charge is 0.135 e. The third-order valence-corrected chi connectivity index (χ3v) is 12.1. The van der Waals surface area contributed by atoms with E-state index in [2.05, 4.69) is 182 Å². The highest BCUT2D eigenvalue weighted by molar-refractivity contribution is 7.26. The van der Waals surface area contributed by atoms with Crippen LogP contribution in [-0.2, 0) is 0 Å². The summed E-state index contributed by atoms with van der Waals surface area (Å²) in [7, 11) is 0. The molecule has 1 heteroatoms. The molecule has 51 heavy (non-hydrogen) atoms. The van der Waals surface area contributed by atoms with Gasteiger partial charge < -0.3 is 0 Å². The van der Waals surface area contributed by atoms with E-state index in [-0.39, 0.29) is 0 Å². The quantitative estimate of drug-likeness (QED) is 0.165. The molecule has 1 heterocycles. The van der Waals surface area contributed by atoms with Crippen LogP contribution >= 0.6 is 11.3 Å². The highest BCUT2D eigenvalue weighted by Crippen LogP contribution is 2.42. The Kier molecular flexibility index (Phi) is 6.22. The van der Waals surface area contributed by atoms with Gasteiger partial charge in [0.15, 0.2) is 0 Å². The monoisotopic (exact) mass is 662 g/mol. The van der Waals surface area contributed by atoms with Crippen molar-refractivity contribution >= 4 is 85.4 Å². The van der Waals surface area contributed by atoms with E-state index < -0.39 is 0 Å². The molecule has 0 atom stereocenters. The van der Waals surface area contributed by atoms with E-state index in [4.69, 9.17) is 0 Å². The van der Waals surface area contributed by atoms with Crippen molar-refractivity contribution in [2.45, 2.75) is 0 Å². The first-order valence-corrected chi connectivity index (χ1v) is 18.4. The normalized spacial score (nSPS) is 11.9. The van der Waals surface area contributed by atoms with Crippen molar-refractivity contribution in [3.8, 4) is 33.4 Å². The second-order valence-electron chi connectivity index (χ2n) is 13.6. The minimum absolute atomic E-state index is 1.22. The standard InChI is InChI=1S/C50H30S/c1-2-9-41-39(7-1)40-8-3-4-10-42(40)47-30-38(26-27-43(41)47)34-19-15-32(16-20-34)31-13-17-33(18-14-31)37-24-22-35-21-23-36-25-28-45-44-11-5-6-12-48(44)51-50(45)49(36)46(35)29-37/h1-30H. The van der Waals surface area contributed by atoms with Crippen LogP contribution in [0, 0.1) is 0 Å². The van der Waals surface area contributed by atoms with Gasteiger partial charge in [-0.2, -0.15) is 0 Å². The molecule has 10 aromatic carbocycles. The minimum atomic E-state index is 1.22. The van der Waals surface area contributed by atoms with Crippen molar-refractivity contribution in [3.63, 3.8) is 0 Å². The number of thiophene rings is 1. The lowest BCUT2D eigenvalue weighted by Gasteiger charge is -2.12. The smallest absolute Gasteiger partial charge is 0.0440 e. The number of rotatable bonds is 3. The van der Waals surface area contributed by atoms with Gasteiger partial charge in [0.05, 0.1) is 0 Å². The van der Waals surface area contributed by atoms with Crippen LogP contribution in [0.15, 0.2) is 182 Å². The van der Waals surface area contributed by atoms with Gasteiger partial charge >= 0.3 is 0 Å². The Morgan fingerprint density at radius 3 is 1.27 bits per heavy atom. The third kappa shape index (κ3) is 4.45. The van der Waals surface area contributed by atoms with Gasteiger partial charge in [0.2, 0.25) is 0 Å². The number of fused-ring (bicyclic) bond motifs is 13. The van der Waals surface area contributed by atoms with Gasteiger partial charge in [-0.25, -0.2) is 0 Å². The molecule has 236 valence electrons. The van der Waals surface area contributed by atoms with Crippen LogP contribution < -0.4 is 0 Å². The molecule has 0 saturated carbocycles. The number of hydrogen-bond donors (Lipinski definition) is 0. The SMILES string of the molecule is c1ccc2c(c1)sc1c2ccc2ccc3ccc(-c4ccc(-c5ccc(-c6ccc7c8ccccc8c8ccccc8c7c6)cc5)cc4)cc3c21. The third-order valence-electron chi connectivity index (χ3n) is 10.9. The van der Waals surface area contributed by atoms with Gasteiger partial charge in [0.1, 0.15) is 0 Å². The van der Waals surface area contributed by atoms with Crippen molar-refractivity contribution in [2.75, 3.05) is 0 Å². The Hall–Kier alpha value is -6.28. The van der Waals surface area contributed by atoms with Gasteiger partial charge in [0, 0.05) is 25.6 Å². The highest BCUT2D eigenvalue weighted by Gasteiger charge is 2.13. The second-order valence-corrected chi connectivity index (χ2v) is 14.7. The fourth-order valence-corrected chi connectivity index (χ4v) is 9.57. The zero-order valence-corrected chi connectivity index (χ0v) is 28.5. The van der Waals surface area contributed by atoms with Crippen LogP contribution in [0.3, 0.4) is 0 Å². The molecule has 0 aliphatic carbocycles. The summed E-state index contributed by atoms with van der Waals surface area (Å²) in [5.74, 6) is 0. The molecule has 0 fully saturated rings. The van der Waals surface area contributed by atoms with E-state index >= 15 is 0 Å². The maximum absolute atomic E-state index is 2.39. The van der Waals surface area contributed by atoms with Gasteiger partial charge in [-0.15, -0.1) is 11.3 Å². The van der Waals surface area contributed by atoms with Crippen molar-refractivity contribution in [1.29, 1.82) is 0 Å². The zero-order chi connectivity index (χ0) is 33.5. The molecular formula is C50H30S. The topological polar surface area (TPSA) is 0 Å².